The van der Waals surface area contributed by atoms with Crippen molar-refractivity contribution in [2.75, 3.05) is 31.9 Å². The predicted octanol–water partition coefficient (Wildman–Crippen LogP) is 3.58. The topological polar surface area (TPSA) is 47.7 Å². The van der Waals surface area contributed by atoms with Crippen molar-refractivity contribution in [1.82, 2.24) is 0 Å². The van der Waals surface area contributed by atoms with Crippen molar-refractivity contribution in [2.24, 2.45) is 0 Å². The van der Waals surface area contributed by atoms with Crippen molar-refractivity contribution in [3.63, 3.8) is 0 Å². The van der Waals surface area contributed by atoms with Crippen molar-refractivity contribution in [3.8, 4) is 11.5 Å². The van der Waals surface area contributed by atoms with E-state index in [1.165, 1.54) is 0 Å². The van der Waals surface area contributed by atoms with Gasteiger partial charge in [0.25, 0.3) is 0 Å². The lowest BCUT2D eigenvalue weighted by atomic mass is 10.2. The first-order valence-corrected chi connectivity index (χ1v) is 6.90. The molecule has 0 aliphatic heterocycles. The van der Waals surface area contributed by atoms with Gasteiger partial charge in [0.1, 0.15) is 0 Å². The summed E-state index contributed by atoms with van der Waals surface area (Å²) in [6.07, 6.45) is 0. The zero-order valence-corrected chi connectivity index (χ0v) is 13.1. The van der Waals surface area contributed by atoms with Gasteiger partial charge >= 0.3 is 0 Å². The van der Waals surface area contributed by atoms with E-state index in [-0.39, 0.29) is 0 Å². The van der Waals surface area contributed by atoms with Crippen molar-refractivity contribution in [3.05, 3.63) is 47.0 Å². The highest BCUT2D eigenvalue weighted by molar-refractivity contribution is 6.30. The number of hydrogen-bond donors (Lipinski definition) is 1. The minimum Gasteiger partial charge on any atom is -0.493 e. The van der Waals surface area contributed by atoms with Gasteiger partial charge in [-0.2, -0.15) is 0 Å². The number of nitrogens with zero attached hydrogens (tertiary/aromatic N) is 1. The second kappa shape index (κ2) is 6.59. The lowest BCUT2D eigenvalue weighted by molar-refractivity contribution is 0.355. The van der Waals surface area contributed by atoms with Crippen LogP contribution >= 0.6 is 11.6 Å². The van der Waals surface area contributed by atoms with Crippen molar-refractivity contribution >= 4 is 23.0 Å². The summed E-state index contributed by atoms with van der Waals surface area (Å²) >= 11 is 6.01. The van der Waals surface area contributed by atoms with E-state index < -0.39 is 0 Å². The van der Waals surface area contributed by atoms with Gasteiger partial charge in [0, 0.05) is 30.7 Å². The Morgan fingerprint density at radius 1 is 1.10 bits per heavy atom. The van der Waals surface area contributed by atoms with Gasteiger partial charge < -0.3 is 20.1 Å². The summed E-state index contributed by atoms with van der Waals surface area (Å²) in [6.45, 7) is 0.695. The standard InChI is InChI=1S/C16H19ClN2O2/c1-19(10-11-5-4-6-12(17)7-11)14-9-16(21-3)15(20-2)8-13(14)18/h4-9H,10,18H2,1-3H3. The average molecular weight is 307 g/mol. The van der Waals surface area contributed by atoms with Crippen LogP contribution in [0.25, 0.3) is 0 Å². The molecule has 2 rings (SSSR count). The van der Waals surface area contributed by atoms with E-state index in [2.05, 4.69) is 0 Å². The van der Waals surface area contributed by atoms with E-state index in [1.54, 1.807) is 20.3 Å². The Morgan fingerprint density at radius 2 is 1.76 bits per heavy atom. The van der Waals surface area contributed by atoms with Gasteiger partial charge in [-0.15, -0.1) is 0 Å². The fraction of sp³-hybridized carbons (Fsp3) is 0.250. The Kier molecular flexibility index (Phi) is 4.81. The maximum absolute atomic E-state index is 6.10. The average Bonchev–Trinajstić information content (AvgIpc) is 2.46. The minimum atomic E-state index is 0.620. The summed E-state index contributed by atoms with van der Waals surface area (Å²) in [4.78, 5) is 2.04. The van der Waals surface area contributed by atoms with Crippen molar-refractivity contribution in [1.29, 1.82) is 0 Å². The molecule has 112 valence electrons. The highest BCUT2D eigenvalue weighted by Crippen LogP contribution is 2.36. The highest BCUT2D eigenvalue weighted by atomic mass is 35.5. The number of nitrogen functional groups attached to an aromatic ring is 1. The fourth-order valence-corrected chi connectivity index (χ4v) is 2.42. The molecule has 2 aromatic carbocycles. The van der Waals surface area contributed by atoms with Crippen LogP contribution in [0.2, 0.25) is 5.02 Å². The molecule has 0 amide bonds. The molecule has 0 atom stereocenters. The van der Waals surface area contributed by atoms with E-state index in [0.717, 1.165) is 16.3 Å². The van der Waals surface area contributed by atoms with Gasteiger partial charge in [-0.1, -0.05) is 23.7 Å². The summed E-state index contributed by atoms with van der Waals surface area (Å²) in [7, 11) is 5.17. The van der Waals surface area contributed by atoms with Crippen LogP contribution in [0.15, 0.2) is 36.4 Å². The van der Waals surface area contributed by atoms with Crippen LogP contribution in [0.5, 0.6) is 11.5 Å². The minimum absolute atomic E-state index is 0.620. The van der Waals surface area contributed by atoms with E-state index >= 15 is 0 Å². The summed E-state index contributed by atoms with van der Waals surface area (Å²) < 4.78 is 10.6. The lowest BCUT2D eigenvalue weighted by Gasteiger charge is -2.23. The predicted molar refractivity (Wildman–Crippen MR) is 87.5 cm³/mol. The zero-order chi connectivity index (χ0) is 15.4. The number of rotatable bonds is 5. The van der Waals surface area contributed by atoms with Crippen LogP contribution < -0.4 is 20.1 Å². The summed E-state index contributed by atoms with van der Waals surface area (Å²) in [6, 6.07) is 11.4. The molecule has 0 aromatic heterocycles. The third-order valence-corrected chi connectivity index (χ3v) is 3.49. The number of nitrogens with two attached hydrogens (primary N) is 1. The molecule has 0 radical (unpaired) electrons. The summed E-state index contributed by atoms with van der Waals surface area (Å²) in [5.74, 6) is 1.27. The number of benzene rings is 2. The van der Waals surface area contributed by atoms with Crippen LogP contribution in [-0.2, 0) is 6.54 Å². The van der Waals surface area contributed by atoms with Gasteiger partial charge in [0.2, 0.25) is 0 Å². The maximum Gasteiger partial charge on any atom is 0.162 e. The van der Waals surface area contributed by atoms with Gasteiger partial charge in [0.15, 0.2) is 11.5 Å². The summed E-state index contributed by atoms with van der Waals surface area (Å²) in [5.41, 5.74) is 8.73. The Morgan fingerprint density at radius 3 is 2.38 bits per heavy atom. The Hall–Kier alpha value is -2.07. The van der Waals surface area contributed by atoms with Crippen LogP contribution in [-0.4, -0.2) is 21.3 Å². The Labute approximate surface area is 130 Å². The van der Waals surface area contributed by atoms with E-state index in [1.807, 2.05) is 42.3 Å². The van der Waals surface area contributed by atoms with E-state index in [0.29, 0.717) is 23.7 Å². The molecule has 0 bridgehead atoms. The van der Waals surface area contributed by atoms with Gasteiger partial charge in [-0.3, -0.25) is 0 Å². The molecule has 0 spiro atoms. The second-order valence-electron chi connectivity index (χ2n) is 4.75. The smallest absolute Gasteiger partial charge is 0.162 e. The number of methoxy groups -OCH3 is 2. The maximum atomic E-state index is 6.10. The molecular formula is C16H19ClN2O2. The van der Waals surface area contributed by atoms with Gasteiger partial charge in [-0.25, -0.2) is 0 Å². The fourth-order valence-electron chi connectivity index (χ4n) is 2.21. The largest absolute Gasteiger partial charge is 0.493 e. The molecular weight excluding hydrogens is 288 g/mol. The van der Waals surface area contributed by atoms with Crippen LogP contribution in [0.4, 0.5) is 11.4 Å². The SMILES string of the molecule is COc1cc(N)c(N(C)Cc2cccc(Cl)c2)cc1OC. The molecule has 5 heteroatoms. The summed E-state index contributed by atoms with van der Waals surface area (Å²) in [5, 5.41) is 0.723. The molecule has 4 nitrogen and oxygen atoms in total. The van der Waals surface area contributed by atoms with Crippen LogP contribution in [0.3, 0.4) is 0 Å². The van der Waals surface area contributed by atoms with E-state index in [4.69, 9.17) is 26.8 Å². The second-order valence-corrected chi connectivity index (χ2v) is 5.19. The molecule has 21 heavy (non-hydrogen) atoms. The normalized spacial score (nSPS) is 10.3. The van der Waals surface area contributed by atoms with Gasteiger partial charge in [0.05, 0.1) is 25.6 Å². The van der Waals surface area contributed by atoms with Crippen LogP contribution in [0, 0.1) is 0 Å². The zero-order valence-electron chi connectivity index (χ0n) is 12.4. The van der Waals surface area contributed by atoms with E-state index in [9.17, 15) is 0 Å². The van der Waals surface area contributed by atoms with Gasteiger partial charge in [-0.05, 0) is 17.7 Å². The third kappa shape index (κ3) is 3.52. The van der Waals surface area contributed by atoms with Crippen molar-refractivity contribution < 1.29 is 9.47 Å². The Bertz CT molecular complexity index is 632. The van der Waals surface area contributed by atoms with Crippen molar-refractivity contribution in [2.45, 2.75) is 6.54 Å². The molecule has 0 fully saturated rings. The van der Waals surface area contributed by atoms with Crippen LogP contribution in [0.1, 0.15) is 5.56 Å². The number of ether oxygens (including phenoxy) is 2. The molecule has 0 aliphatic rings. The molecule has 0 saturated heterocycles. The molecule has 2 aromatic rings. The Balaban J connectivity index is 2.28. The number of halogens is 1. The molecule has 0 saturated carbocycles. The number of hydrogen-bond acceptors (Lipinski definition) is 4. The first kappa shape index (κ1) is 15.3. The molecule has 0 aliphatic carbocycles. The number of anilines is 2. The molecule has 0 heterocycles. The lowest BCUT2D eigenvalue weighted by Crippen LogP contribution is -2.18. The first-order chi connectivity index (χ1) is 10.0. The molecule has 2 N–H and O–H groups in total. The first-order valence-electron chi connectivity index (χ1n) is 6.52. The quantitative estimate of drug-likeness (QED) is 0.858. The highest BCUT2D eigenvalue weighted by Gasteiger charge is 2.12. The third-order valence-electron chi connectivity index (χ3n) is 3.25. The monoisotopic (exact) mass is 306 g/mol. The molecule has 0 unspecified atom stereocenters.